The van der Waals surface area contributed by atoms with Crippen molar-refractivity contribution < 1.29 is 0 Å². The van der Waals surface area contributed by atoms with Gasteiger partial charge in [-0.25, -0.2) is 0 Å². The van der Waals surface area contributed by atoms with Gasteiger partial charge in [-0.15, -0.1) is 0 Å². The number of nitrogens with one attached hydrogen (secondary N) is 1. The topological polar surface area (TPSA) is 15.3 Å². The first-order valence-electron chi connectivity index (χ1n) is 8.79. The Morgan fingerprint density at radius 2 is 1.79 bits per heavy atom. The molecule has 0 saturated heterocycles. The number of hydrogen-bond acceptors (Lipinski definition) is 2. The average Bonchev–Trinajstić information content (AvgIpc) is 3.11. The molecule has 3 rings (SSSR count). The maximum atomic E-state index is 3.90. The van der Waals surface area contributed by atoms with E-state index in [1.165, 1.54) is 45.4 Å². The van der Waals surface area contributed by atoms with Crippen molar-refractivity contribution in [3.63, 3.8) is 0 Å². The van der Waals surface area contributed by atoms with Crippen molar-refractivity contribution in [3.05, 3.63) is 0 Å². The fraction of sp³-hybridized carbons (Fsp3) is 1.00. The van der Waals surface area contributed by atoms with Crippen molar-refractivity contribution in [2.75, 3.05) is 26.2 Å². The van der Waals surface area contributed by atoms with Crippen LogP contribution in [0.15, 0.2) is 0 Å². The van der Waals surface area contributed by atoms with Crippen LogP contribution < -0.4 is 5.32 Å². The molecular formula is C17H32N2. The molecule has 0 aromatic rings. The highest BCUT2D eigenvalue weighted by Crippen LogP contribution is 2.58. The van der Waals surface area contributed by atoms with Gasteiger partial charge in [0.25, 0.3) is 0 Å². The lowest BCUT2D eigenvalue weighted by Crippen LogP contribution is -2.40. The molecule has 0 radical (unpaired) electrons. The molecule has 2 bridgehead atoms. The largest absolute Gasteiger partial charge is 0.314 e. The van der Waals surface area contributed by atoms with E-state index in [0.717, 1.165) is 29.7 Å². The summed E-state index contributed by atoms with van der Waals surface area (Å²) in [4.78, 5) is 2.54. The van der Waals surface area contributed by atoms with Crippen LogP contribution in [0.25, 0.3) is 0 Å². The molecule has 19 heavy (non-hydrogen) atoms. The van der Waals surface area contributed by atoms with Crippen LogP contribution in [0.3, 0.4) is 0 Å². The Bertz CT molecular complexity index is 287. The molecule has 3 aliphatic rings. The molecule has 3 fully saturated rings. The summed E-state index contributed by atoms with van der Waals surface area (Å²) in [6, 6.07) is 0.876. The minimum absolute atomic E-state index is 0.876. The fourth-order valence-corrected chi connectivity index (χ4v) is 5.43. The predicted octanol–water partition coefficient (Wildman–Crippen LogP) is 3.13. The predicted molar refractivity (Wildman–Crippen MR) is 81.2 cm³/mol. The molecule has 5 atom stereocenters. The number of fused-ring (bicyclic) bond motifs is 5. The number of rotatable bonds is 7. The lowest BCUT2D eigenvalue weighted by atomic mass is 9.79. The summed E-state index contributed by atoms with van der Waals surface area (Å²) >= 11 is 0. The van der Waals surface area contributed by atoms with Gasteiger partial charge in [-0.3, -0.25) is 0 Å². The van der Waals surface area contributed by atoms with Crippen LogP contribution in [0.1, 0.15) is 52.4 Å². The van der Waals surface area contributed by atoms with Crippen molar-refractivity contribution in [1.82, 2.24) is 10.2 Å². The molecule has 1 N–H and O–H groups in total. The summed E-state index contributed by atoms with van der Waals surface area (Å²) in [6.45, 7) is 9.46. The quantitative estimate of drug-likeness (QED) is 0.711. The molecule has 0 aromatic heterocycles. The third kappa shape index (κ3) is 2.71. The van der Waals surface area contributed by atoms with E-state index >= 15 is 0 Å². The van der Waals surface area contributed by atoms with E-state index in [1.807, 2.05) is 0 Å². The van der Waals surface area contributed by atoms with Gasteiger partial charge in [0.05, 0.1) is 0 Å². The minimum atomic E-state index is 0.876. The van der Waals surface area contributed by atoms with E-state index in [9.17, 15) is 0 Å². The van der Waals surface area contributed by atoms with Crippen LogP contribution in [-0.4, -0.2) is 37.1 Å². The highest BCUT2D eigenvalue weighted by molar-refractivity contribution is 5.05. The lowest BCUT2D eigenvalue weighted by molar-refractivity contribution is 0.206. The number of hydrogen-bond donors (Lipinski definition) is 1. The highest BCUT2D eigenvalue weighted by Gasteiger charge is 2.53. The molecule has 0 amide bonds. The normalized spacial score (nSPS) is 40.3. The second kappa shape index (κ2) is 6.13. The smallest absolute Gasteiger partial charge is 0.0101 e. The Labute approximate surface area is 119 Å². The van der Waals surface area contributed by atoms with Gasteiger partial charge in [0.15, 0.2) is 0 Å². The van der Waals surface area contributed by atoms with Gasteiger partial charge in [0.2, 0.25) is 0 Å². The fourth-order valence-electron chi connectivity index (χ4n) is 5.43. The monoisotopic (exact) mass is 264 g/mol. The van der Waals surface area contributed by atoms with Crippen LogP contribution in [0.2, 0.25) is 0 Å². The average molecular weight is 264 g/mol. The zero-order chi connectivity index (χ0) is 13.2. The third-order valence-electron chi connectivity index (χ3n) is 6.38. The summed E-state index contributed by atoms with van der Waals surface area (Å²) in [5, 5.41) is 3.90. The van der Waals surface area contributed by atoms with Crippen molar-refractivity contribution in [3.8, 4) is 0 Å². The summed E-state index contributed by atoms with van der Waals surface area (Å²) in [6.07, 6.45) is 9.00. The molecule has 2 nitrogen and oxygen atoms in total. The molecule has 3 aliphatic carbocycles. The van der Waals surface area contributed by atoms with Crippen molar-refractivity contribution in [2.45, 2.75) is 58.4 Å². The van der Waals surface area contributed by atoms with Gasteiger partial charge in [0, 0.05) is 6.04 Å². The summed E-state index contributed by atoms with van der Waals surface area (Å²) in [7, 11) is 0. The number of nitrogens with zero attached hydrogens (tertiary/aromatic N) is 1. The van der Waals surface area contributed by atoms with E-state index in [-0.39, 0.29) is 0 Å². The molecule has 0 aromatic carbocycles. The van der Waals surface area contributed by atoms with Crippen LogP contribution in [0, 0.1) is 23.7 Å². The van der Waals surface area contributed by atoms with Crippen LogP contribution >= 0.6 is 0 Å². The molecule has 0 spiro atoms. The van der Waals surface area contributed by atoms with Gasteiger partial charge in [-0.1, -0.05) is 20.3 Å². The summed E-state index contributed by atoms with van der Waals surface area (Å²) < 4.78 is 0. The Morgan fingerprint density at radius 1 is 1.00 bits per heavy atom. The molecule has 5 unspecified atom stereocenters. The maximum absolute atomic E-state index is 3.90. The van der Waals surface area contributed by atoms with Gasteiger partial charge >= 0.3 is 0 Å². The van der Waals surface area contributed by atoms with E-state index in [0.29, 0.717) is 0 Å². The van der Waals surface area contributed by atoms with Crippen molar-refractivity contribution >= 4 is 0 Å². The Kier molecular flexibility index (Phi) is 4.48. The zero-order valence-electron chi connectivity index (χ0n) is 12.9. The van der Waals surface area contributed by atoms with E-state index in [4.69, 9.17) is 0 Å². The van der Waals surface area contributed by atoms with Crippen molar-refractivity contribution in [1.29, 1.82) is 0 Å². The summed E-state index contributed by atoms with van der Waals surface area (Å²) in [5.74, 6) is 4.39. The zero-order valence-corrected chi connectivity index (χ0v) is 12.9. The second-order valence-corrected chi connectivity index (χ2v) is 7.10. The first-order valence-corrected chi connectivity index (χ1v) is 8.79. The molecule has 3 saturated carbocycles. The van der Waals surface area contributed by atoms with Crippen molar-refractivity contribution in [2.24, 2.45) is 23.7 Å². The minimum Gasteiger partial charge on any atom is -0.314 e. The van der Waals surface area contributed by atoms with Crippen LogP contribution in [-0.2, 0) is 0 Å². The molecule has 2 heteroatoms. The Morgan fingerprint density at radius 3 is 2.58 bits per heavy atom. The highest BCUT2D eigenvalue weighted by atomic mass is 15.1. The first kappa shape index (κ1) is 13.9. The maximum Gasteiger partial charge on any atom is 0.0101 e. The van der Waals surface area contributed by atoms with Gasteiger partial charge < -0.3 is 10.2 Å². The van der Waals surface area contributed by atoms with Crippen LogP contribution in [0.5, 0.6) is 0 Å². The Balaban J connectivity index is 1.38. The van der Waals surface area contributed by atoms with E-state index in [1.54, 1.807) is 19.3 Å². The molecule has 0 heterocycles. The molecule has 0 aliphatic heterocycles. The summed E-state index contributed by atoms with van der Waals surface area (Å²) in [5.41, 5.74) is 0. The second-order valence-electron chi connectivity index (χ2n) is 7.10. The molecule has 110 valence electrons. The van der Waals surface area contributed by atoms with Gasteiger partial charge in [-0.05, 0) is 82.0 Å². The van der Waals surface area contributed by atoms with E-state index < -0.39 is 0 Å². The van der Waals surface area contributed by atoms with Crippen LogP contribution in [0.4, 0.5) is 0 Å². The van der Waals surface area contributed by atoms with Gasteiger partial charge in [0.1, 0.15) is 0 Å². The van der Waals surface area contributed by atoms with E-state index in [2.05, 4.69) is 24.1 Å². The SMILES string of the molecule is CCN(CC)CCCNC1CC2CC1C1CCCC21. The molecular weight excluding hydrogens is 232 g/mol. The third-order valence-corrected chi connectivity index (χ3v) is 6.38. The Hall–Kier alpha value is -0.0800. The lowest BCUT2D eigenvalue weighted by Gasteiger charge is -2.32. The first-order chi connectivity index (χ1) is 9.33. The standard InChI is InChI=1S/C17H32N2/c1-3-19(4-2)10-6-9-18-17-12-13-11-16(17)15-8-5-7-14(13)15/h13-18H,3-12H2,1-2H3. The van der Waals surface area contributed by atoms with Gasteiger partial charge in [-0.2, -0.15) is 0 Å².